The van der Waals surface area contributed by atoms with Crippen LogP contribution in [0.1, 0.15) is 4.88 Å². The minimum absolute atomic E-state index is 0.604. The number of fused-ring (bicyclic) bond motifs is 1. The van der Waals surface area contributed by atoms with Gasteiger partial charge in [0, 0.05) is 9.58 Å². The van der Waals surface area contributed by atoms with Gasteiger partial charge in [0.05, 0.1) is 6.42 Å². The van der Waals surface area contributed by atoms with Crippen LogP contribution in [0.4, 0.5) is 0 Å². The first kappa shape index (κ1) is 8.28. The van der Waals surface area contributed by atoms with E-state index in [4.69, 9.17) is 6.57 Å². The highest BCUT2D eigenvalue weighted by Gasteiger charge is 2.01. The van der Waals surface area contributed by atoms with Gasteiger partial charge in [-0.3, -0.25) is 0 Å². The van der Waals surface area contributed by atoms with Gasteiger partial charge in [-0.1, -0.05) is 18.2 Å². The molecule has 0 saturated carbocycles. The predicted octanol–water partition coefficient (Wildman–Crippen LogP) is 3.36. The van der Waals surface area contributed by atoms with Gasteiger partial charge < -0.3 is 4.85 Å². The van der Waals surface area contributed by atoms with Crippen molar-refractivity contribution >= 4 is 21.4 Å². The first-order chi connectivity index (χ1) is 6.40. The fourth-order valence-corrected chi connectivity index (χ4v) is 2.38. The second kappa shape index (κ2) is 3.59. The summed E-state index contributed by atoms with van der Waals surface area (Å²) in [7, 11) is 0. The Morgan fingerprint density at radius 1 is 1.31 bits per heavy atom. The molecule has 0 amide bonds. The van der Waals surface area contributed by atoms with E-state index in [2.05, 4.69) is 29.1 Å². The minimum Gasteiger partial charge on any atom is -0.317 e. The minimum atomic E-state index is 0.604. The predicted molar refractivity (Wildman–Crippen MR) is 57.0 cm³/mol. The van der Waals surface area contributed by atoms with Crippen molar-refractivity contribution in [3.63, 3.8) is 0 Å². The van der Waals surface area contributed by atoms with Crippen molar-refractivity contribution in [1.82, 2.24) is 0 Å². The molecular weight excluding hydrogens is 178 g/mol. The Morgan fingerprint density at radius 3 is 2.92 bits per heavy atom. The quantitative estimate of drug-likeness (QED) is 0.635. The van der Waals surface area contributed by atoms with E-state index in [0.29, 0.717) is 6.54 Å². The summed E-state index contributed by atoms with van der Waals surface area (Å²) in [5.41, 5.74) is 0. The smallest absolute Gasteiger partial charge is 0.219 e. The average molecular weight is 187 g/mol. The monoisotopic (exact) mass is 187 g/mol. The third kappa shape index (κ3) is 1.71. The summed E-state index contributed by atoms with van der Waals surface area (Å²) < 4.78 is 1.32. The molecule has 64 valence electrons. The fourth-order valence-electron chi connectivity index (χ4n) is 1.33. The summed E-state index contributed by atoms with van der Waals surface area (Å²) in [6.45, 7) is 7.32. The molecule has 0 aliphatic rings. The molecule has 1 aromatic heterocycles. The number of rotatable bonds is 2. The number of thiophene rings is 1. The normalized spacial score (nSPS) is 10.1. The molecule has 0 radical (unpaired) electrons. The van der Waals surface area contributed by atoms with Gasteiger partial charge in [0.2, 0.25) is 6.54 Å². The third-order valence-electron chi connectivity index (χ3n) is 1.95. The average Bonchev–Trinajstić information content (AvgIpc) is 2.57. The summed E-state index contributed by atoms with van der Waals surface area (Å²) in [4.78, 5) is 4.67. The Hall–Kier alpha value is -1.33. The maximum atomic E-state index is 6.72. The van der Waals surface area contributed by atoms with E-state index >= 15 is 0 Å². The molecule has 2 aromatic rings. The molecule has 2 rings (SSSR count). The van der Waals surface area contributed by atoms with Crippen molar-refractivity contribution in [2.75, 3.05) is 6.54 Å². The van der Waals surface area contributed by atoms with Gasteiger partial charge in [-0.05, 0) is 17.5 Å². The van der Waals surface area contributed by atoms with Crippen LogP contribution in [-0.2, 0) is 6.42 Å². The van der Waals surface area contributed by atoms with E-state index in [9.17, 15) is 0 Å². The van der Waals surface area contributed by atoms with Gasteiger partial charge >= 0.3 is 0 Å². The summed E-state index contributed by atoms with van der Waals surface area (Å²) >= 11 is 1.79. The van der Waals surface area contributed by atoms with E-state index < -0.39 is 0 Å². The van der Waals surface area contributed by atoms with E-state index in [1.807, 2.05) is 6.07 Å². The van der Waals surface area contributed by atoms with Crippen LogP contribution in [0, 0.1) is 6.57 Å². The molecule has 0 bridgehead atoms. The Balaban J connectivity index is 2.34. The Bertz CT molecular complexity index is 417. The van der Waals surface area contributed by atoms with Crippen molar-refractivity contribution in [2.24, 2.45) is 0 Å². The molecule has 0 unspecified atom stereocenters. The highest BCUT2D eigenvalue weighted by atomic mass is 32.1. The van der Waals surface area contributed by atoms with Crippen molar-refractivity contribution in [1.29, 1.82) is 0 Å². The molecular formula is C11H9NS. The molecule has 0 aliphatic heterocycles. The van der Waals surface area contributed by atoms with Gasteiger partial charge in [-0.2, -0.15) is 0 Å². The van der Waals surface area contributed by atoms with E-state index in [1.54, 1.807) is 11.3 Å². The summed E-state index contributed by atoms with van der Waals surface area (Å²) in [6.07, 6.45) is 0.892. The lowest BCUT2D eigenvalue weighted by Crippen LogP contribution is -1.80. The van der Waals surface area contributed by atoms with Crippen LogP contribution in [0.5, 0.6) is 0 Å². The third-order valence-corrected chi connectivity index (χ3v) is 3.12. The van der Waals surface area contributed by atoms with Gasteiger partial charge in [-0.25, -0.2) is 6.57 Å². The van der Waals surface area contributed by atoms with Gasteiger partial charge in [-0.15, -0.1) is 11.3 Å². The van der Waals surface area contributed by atoms with Crippen LogP contribution in [0.2, 0.25) is 0 Å². The SMILES string of the molecule is [C-]#[N+]CCc1cc2ccccc2s1. The second-order valence-electron chi connectivity index (χ2n) is 2.88. The maximum absolute atomic E-state index is 6.72. The number of hydrogen-bond donors (Lipinski definition) is 0. The van der Waals surface area contributed by atoms with Crippen LogP contribution < -0.4 is 0 Å². The molecule has 1 nitrogen and oxygen atoms in total. The van der Waals surface area contributed by atoms with Gasteiger partial charge in [0.25, 0.3) is 0 Å². The summed E-state index contributed by atoms with van der Waals surface area (Å²) in [6, 6.07) is 10.5. The Labute approximate surface area is 81.5 Å². The van der Waals surface area contributed by atoms with Crippen molar-refractivity contribution in [2.45, 2.75) is 6.42 Å². The fraction of sp³-hybridized carbons (Fsp3) is 0.182. The maximum Gasteiger partial charge on any atom is 0.219 e. The molecule has 0 atom stereocenters. The highest BCUT2D eigenvalue weighted by Crippen LogP contribution is 2.25. The van der Waals surface area contributed by atoms with E-state index in [-0.39, 0.29) is 0 Å². The van der Waals surface area contributed by atoms with E-state index in [1.165, 1.54) is 15.0 Å². The molecule has 2 heteroatoms. The number of nitrogens with zero attached hydrogens (tertiary/aromatic N) is 1. The van der Waals surface area contributed by atoms with Gasteiger partial charge in [0.15, 0.2) is 0 Å². The topological polar surface area (TPSA) is 4.36 Å². The van der Waals surface area contributed by atoms with Crippen LogP contribution in [0.3, 0.4) is 0 Å². The lowest BCUT2D eigenvalue weighted by molar-refractivity contribution is 1.11. The highest BCUT2D eigenvalue weighted by molar-refractivity contribution is 7.19. The van der Waals surface area contributed by atoms with E-state index in [0.717, 1.165) is 6.42 Å². The van der Waals surface area contributed by atoms with Crippen molar-refractivity contribution < 1.29 is 0 Å². The molecule has 0 aliphatic carbocycles. The lowest BCUT2D eigenvalue weighted by Gasteiger charge is -1.83. The Kier molecular flexibility index (Phi) is 2.29. The molecule has 1 heterocycles. The van der Waals surface area contributed by atoms with Crippen LogP contribution >= 0.6 is 11.3 Å². The van der Waals surface area contributed by atoms with Crippen LogP contribution in [0.15, 0.2) is 30.3 Å². The molecule has 13 heavy (non-hydrogen) atoms. The first-order valence-corrected chi connectivity index (χ1v) is 5.02. The molecule has 0 saturated heterocycles. The number of hydrogen-bond acceptors (Lipinski definition) is 1. The Morgan fingerprint density at radius 2 is 2.15 bits per heavy atom. The molecule has 1 aromatic carbocycles. The summed E-state index contributed by atoms with van der Waals surface area (Å²) in [5, 5.41) is 1.30. The molecule has 0 N–H and O–H groups in total. The van der Waals surface area contributed by atoms with Crippen molar-refractivity contribution in [3.05, 3.63) is 46.6 Å². The largest absolute Gasteiger partial charge is 0.317 e. The standard InChI is InChI=1S/C11H9NS/c1-12-7-6-10-8-9-4-2-3-5-11(9)13-10/h2-5,8H,6-7H2. The molecule has 0 fully saturated rings. The van der Waals surface area contributed by atoms with Crippen molar-refractivity contribution in [3.8, 4) is 0 Å². The summed E-state index contributed by atoms with van der Waals surface area (Å²) in [5.74, 6) is 0. The second-order valence-corrected chi connectivity index (χ2v) is 4.05. The molecule has 0 spiro atoms. The lowest BCUT2D eigenvalue weighted by atomic mass is 10.2. The van der Waals surface area contributed by atoms with Gasteiger partial charge in [0.1, 0.15) is 0 Å². The van der Waals surface area contributed by atoms with Crippen LogP contribution in [-0.4, -0.2) is 6.54 Å². The zero-order valence-corrected chi connectivity index (χ0v) is 7.97. The number of benzene rings is 1. The zero-order valence-electron chi connectivity index (χ0n) is 7.16. The first-order valence-electron chi connectivity index (χ1n) is 4.21. The zero-order chi connectivity index (χ0) is 9.10. The van der Waals surface area contributed by atoms with Crippen LogP contribution in [0.25, 0.3) is 14.9 Å².